The van der Waals surface area contributed by atoms with E-state index in [2.05, 4.69) is 0 Å². The van der Waals surface area contributed by atoms with Crippen molar-refractivity contribution >= 4 is 11.3 Å². The van der Waals surface area contributed by atoms with E-state index < -0.39 is 0 Å². The van der Waals surface area contributed by atoms with Gasteiger partial charge in [-0.2, -0.15) is 0 Å². The van der Waals surface area contributed by atoms with Crippen LogP contribution >= 0.6 is 11.3 Å². The Bertz CT molecular complexity index is 249. The molecule has 0 radical (unpaired) electrons. The molecule has 12 heavy (non-hydrogen) atoms. The van der Waals surface area contributed by atoms with Crippen LogP contribution in [0.15, 0.2) is 11.4 Å². The molecule has 1 aromatic heterocycles. The van der Waals surface area contributed by atoms with Crippen LogP contribution in [0.25, 0.3) is 0 Å². The summed E-state index contributed by atoms with van der Waals surface area (Å²) < 4.78 is 5.69. The van der Waals surface area contributed by atoms with Crippen molar-refractivity contribution < 1.29 is 4.74 Å². The molecule has 0 aromatic carbocycles. The standard InChI is InChI=1S/C9H15NOS/c1-9(2,3)11-7-4-5-12-8(7)6-10/h4-5H,6,10H2,1-3H3. The lowest BCUT2D eigenvalue weighted by atomic mass is 10.2. The van der Waals surface area contributed by atoms with Gasteiger partial charge in [-0.1, -0.05) is 0 Å². The minimum absolute atomic E-state index is 0.134. The summed E-state index contributed by atoms with van der Waals surface area (Å²) in [6.07, 6.45) is 0. The van der Waals surface area contributed by atoms with Crippen molar-refractivity contribution in [2.24, 2.45) is 5.73 Å². The molecule has 0 aliphatic carbocycles. The van der Waals surface area contributed by atoms with Crippen LogP contribution < -0.4 is 10.5 Å². The summed E-state index contributed by atoms with van der Waals surface area (Å²) in [5.74, 6) is 0.926. The van der Waals surface area contributed by atoms with Crippen LogP contribution in [-0.2, 0) is 6.54 Å². The molecule has 0 aliphatic rings. The molecule has 68 valence electrons. The fraction of sp³-hybridized carbons (Fsp3) is 0.556. The van der Waals surface area contributed by atoms with Crippen molar-refractivity contribution in [2.75, 3.05) is 0 Å². The van der Waals surface area contributed by atoms with Gasteiger partial charge >= 0.3 is 0 Å². The molecular weight excluding hydrogens is 170 g/mol. The zero-order valence-electron chi connectivity index (χ0n) is 7.76. The number of thiophene rings is 1. The molecule has 0 fully saturated rings. The van der Waals surface area contributed by atoms with E-state index in [4.69, 9.17) is 10.5 Å². The SMILES string of the molecule is CC(C)(C)Oc1ccsc1CN. The molecule has 0 spiro atoms. The van der Waals surface area contributed by atoms with Crippen molar-refractivity contribution in [1.82, 2.24) is 0 Å². The maximum absolute atomic E-state index is 5.69. The smallest absolute Gasteiger partial charge is 0.135 e. The van der Waals surface area contributed by atoms with E-state index in [1.165, 1.54) is 0 Å². The fourth-order valence-electron chi connectivity index (χ4n) is 0.898. The van der Waals surface area contributed by atoms with E-state index in [1.807, 2.05) is 32.2 Å². The van der Waals surface area contributed by atoms with Crippen molar-refractivity contribution in [3.8, 4) is 5.75 Å². The summed E-state index contributed by atoms with van der Waals surface area (Å²) in [5.41, 5.74) is 5.41. The van der Waals surface area contributed by atoms with Crippen LogP contribution in [0.2, 0.25) is 0 Å². The van der Waals surface area contributed by atoms with Gasteiger partial charge in [-0.3, -0.25) is 0 Å². The van der Waals surface area contributed by atoms with E-state index in [9.17, 15) is 0 Å². The lowest BCUT2D eigenvalue weighted by Gasteiger charge is -2.21. The molecule has 0 atom stereocenters. The average molecular weight is 185 g/mol. The normalized spacial score (nSPS) is 11.7. The zero-order valence-corrected chi connectivity index (χ0v) is 8.57. The number of nitrogens with two attached hydrogens (primary N) is 1. The molecule has 3 heteroatoms. The topological polar surface area (TPSA) is 35.2 Å². The molecule has 0 amide bonds. The third-order valence-electron chi connectivity index (χ3n) is 1.31. The molecule has 0 saturated heterocycles. The Balaban J connectivity index is 2.75. The molecule has 1 aromatic rings. The average Bonchev–Trinajstić information content (AvgIpc) is 2.31. The van der Waals surface area contributed by atoms with Crippen LogP contribution in [0.1, 0.15) is 25.6 Å². The van der Waals surface area contributed by atoms with Gasteiger partial charge in [-0.15, -0.1) is 11.3 Å². The van der Waals surface area contributed by atoms with E-state index in [0.29, 0.717) is 6.54 Å². The molecule has 0 saturated carbocycles. The summed E-state index contributed by atoms with van der Waals surface area (Å²) >= 11 is 1.64. The van der Waals surface area contributed by atoms with Crippen LogP contribution in [0.3, 0.4) is 0 Å². The second-order valence-corrected chi connectivity index (χ2v) is 4.63. The molecule has 0 unspecified atom stereocenters. The van der Waals surface area contributed by atoms with Gasteiger partial charge in [0.1, 0.15) is 11.4 Å². The van der Waals surface area contributed by atoms with Crippen molar-refractivity contribution in [2.45, 2.75) is 32.9 Å². The highest BCUT2D eigenvalue weighted by Crippen LogP contribution is 2.27. The minimum Gasteiger partial charge on any atom is -0.487 e. The van der Waals surface area contributed by atoms with Gasteiger partial charge in [-0.05, 0) is 32.2 Å². The van der Waals surface area contributed by atoms with Gasteiger partial charge < -0.3 is 10.5 Å². The highest BCUT2D eigenvalue weighted by molar-refractivity contribution is 7.10. The van der Waals surface area contributed by atoms with E-state index in [1.54, 1.807) is 11.3 Å². The third-order valence-corrected chi connectivity index (χ3v) is 2.23. The highest BCUT2D eigenvalue weighted by atomic mass is 32.1. The predicted molar refractivity (Wildman–Crippen MR) is 52.6 cm³/mol. The summed E-state index contributed by atoms with van der Waals surface area (Å²) in [6.45, 7) is 6.66. The second-order valence-electron chi connectivity index (χ2n) is 3.63. The maximum atomic E-state index is 5.69. The summed E-state index contributed by atoms with van der Waals surface area (Å²) in [5, 5.41) is 2.00. The number of ether oxygens (including phenoxy) is 1. The van der Waals surface area contributed by atoms with E-state index in [0.717, 1.165) is 10.6 Å². The van der Waals surface area contributed by atoms with E-state index >= 15 is 0 Å². The molecule has 2 nitrogen and oxygen atoms in total. The highest BCUT2D eigenvalue weighted by Gasteiger charge is 2.14. The predicted octanol–water partition coefficient (Wildman–Crippen LogP) is 2.38. The van der Waals surface area contributed by atoms with Gasteiger partial charge in [0.25, 0.3) is 0 Å². The van der Waals surface area contributed by atoms with Gasteiger partial charge in [0.05, 0.1) is 4.88 Å². The largest absolute Gasteiger partial charge is 0.487 e. The quantitative estimate of drug-likeness (QED) is 0.767. The van der Waals surface area contributed by atoms with Crippen LogP contribution in [0.4, 0.5) is 0 Å². The summed E-state index contributed by atoms with van der Waals surface area (Å²) in [4.78, 5) is 1.12. The molecule has 0 bridgehead atoms. The Kier molecular flexibility index (Phi) is 2.75. The molecular formula is C9H15NOS. The maximum Gasteiger partial charge on any atom is 0.135 e. The van der Waals surface area contributed by atoms with Crippen LogP contribution in [0.5, 0.6) is 5.75 Å². The third kappa shape index (κ3) is 2.50. The lowest BCUT2D eigenvalue weighted by Crippen LogP contribution is -2.23. The zero-order chi connectivity index (χ0) is 9.19. The van der Waals surface area contributed by atoms with Crippen molar-refractivity contribution in [3.05, 3.63) is 16.3 Å². The molecule has 0 aliphatic heterocycles. The minimum atomic E-state index is -0.134. The molecule has 1 rings (SSSR count). The first-order chi connectivity index (χ1) is 5.53. The number of hydrogen-bond acceptors (Lipinski definition) is 3. The monoisotopic (exact) mass is 185 g/mol. The van der Waals surface area contributed by atoms with Crippen molar-refractivity contribution in [3.63, 3.8) is 0 Å². The second kappa shape index (κ2) is 3.46. The Morgan fingerprint density at radius 1 is 1.50 bits per heavy atom. The Morgan fingerprint density at radius 3 is 2.67 bits per heavy atom. The van der Waals surface area contributed by atoms with Crippen LogP contribution in [-0.4, -0.2) is 5.60 Å². The molecule has 1 heterocycles. The van der Waals surface area contributed by atoms with Gasteiger partial charge in [0.15, 0.2) is 0 Å². The summed E-state index contributed by atoms with van der Waals surface area (Å²) in [6, 6.07) is 1.97. The fourth-order valence-corrected chi connectivity index (χ4v) is 1.58. The van der Waals surface area contributed by atoms with Gasteiger partial charge in [0, 0.05) is 6.54 Å². The first-order valence-corrected chi connectivity index (χ1v) is 4.86. The first-order valence-electron chi connectivity index (χ1n) is 3.98. The Labute approximate surface area is 77.3 Å². The first kappa shape index (κ1) is 9.55. The van der Waals surface area contributed by atoms with E-state index in [-0.39, 0.29) is 5.60 Å². The Hall–Kier alpha value is -0.540. The number of hydrogen-bond donors (Lipinski definition) is 1. The van der Waals surface area contributed by atoms with Gasteiger partial charge in [-0.25, -0.2) is 0 Å². The molecule has 2 N–H and O–H groups in total. The lowest BCUT2D eigenvalue weighted by molar-refractivity contribution is 0.130. The number of rotatable bonds is 2. The Morgan fingerprint density at radius 2 is 2.17 bits per heavy atom. The van der Waals surface area contributed by atoms with Crippen LogP contribution in [0, 0.1) is 0 Å². The van der Waals surface area contributed by atoms with Crippen molar-refractivity contribution in [1.29, 1.82) is 0 Å². The van der Waals surface area contributed by atoms with Gasteiger partial charge in [0.2, 0.25) is 0 Å². The summed E-state index contributed by atoms with van der Waals surface area (Å²) in [7, 11) is 0.